The Kier molecular flexibility index (Phi) is 4.29. The summed E-state index contributed by atoms with van der Waals surface area (Å²) in [5.41, 5.74) is 2.50. The summed E-state index contributed by atoms with van der Waals surface area (Å²) in [6.45, 7) is 0. The van der Waals surface area contributed by atoms with E-state index in [-0.39, 0.29) is 5.91 Å². The van der Waals surface area contributed by atoms with Gasteiger partial charge in [0.2, 0.25) is 5.91 Å². The summed E-state index contributed by atoms with van der Waals surface area (Å²) in [4.78, 5) is 12.2. The molecule has 1 aromatic heterocycles. The molecule has 0 fully saturated rings. The number of benzene rings is 2. The predicted octanol–water partition coefficient (Wildman–Crippen LogP) is 3.13. The average Bonchev–Trinajstić information content (AvgIpc) is 3.00. The van der Waals surface area contributed by atoms with Crippen molar-refractivity contribution in [3.05, 3.63) is 72.6 Å². The highest BCUT2D eigenvalue weighted by molar-refractivity contribution is 6.03. The molecule has 2 aromatic carbocycles. The normalized spacial score (nSPS) is 10.8. The van der Waals surface area contributed by atoms with Crippen LogP contribution < -0.4 is 5.32 Å². The van der Waals surface area contributed by atoms with Crippen LogP contribution in [-0.2, 0) is 11.8 Å². The van der Waals surface area contributed by atoms with Gasteiger partial charge in [0.05, 0.1) is 5.69 Å². The molecule has 0 spiro atoms. The second-order valence-electron chi connectivity index (χ2n) is 5.04. The molecule has 0 saturated heterocycles. The Morgan fingerprint density at radius 3 is 2.57 bits per heavy atom. The van der Waals surface area contributed by atoms with Gasteiger partial charge >= 0.3 is 0 Å². The quantitative estimate of drug-likeness (QED) is 0.753. The zero-order valence-corrected chi connectivity index (χ0v) is 12.7. The number of hydrogen-bond acceptors (Lipinski definition) is 3. The Morgan fingerprint density at radius 1 is 1.09 bits per heavy atom. The molecule has 3 aromatic rings. The van der Waals surface area contributed by atoms with Crippen molar-refractivity contribution in [1.29, 1.82) is 0 Å². The van der Waals surface area contributed by atoms with Crippen LogP contribution in [-0.4, -0.2) is 20.7 Å². The van der Waals surface area contributed by atoms with Crippen molar-refractivity contribution >= 4 is 17.7 Å². The lowest BCUT2D eigenvalue weighted by Crippen LogP contribution is -2.09. The SMILES string of the molecule is Cn1cnnc1-c1ccccc1NC(=O)/C=C/c1ccccc1. The number of para-hydroxylation sites is 1. The second-order valence-corrected chi connectivity index (χ2v) is 5.04. The molecule has 23 heavy (non-hydrogen) atoms. The van der Waals surface area contributed by atoms with Gasteiger partial charge in [-0.05, 0) is 23.8 Å². The van der Waals surface area contributed by atoms with Crippen LogP contribution in [0.25, 0.3) is 17.5 Å². The number of anilines is 1. The zero-order valence-electron chi connectivity index (χ0n) is 12.7. The fourth-order valence-electron chi connectivity index (χ4n) is 2.22. The molecular weight excluding hydrogens is 288 g/mol. The number of aryl methyl sites for hydroxylation is 1. The molecule has 1 heterocycles. The molecule has 0 saturated carbocycles. The van der Waals surface area contributed by atoms with Crippen LogP contribution in [0.4, 0.5) is 5.69 Å². The maximum atomic E-state index is 12.2. The number of rotatable bonds is 4. The monoisotopic (exact) mass is 304 g/mol. The van der Waals surface area contributed by atoms with E-state index in [0.29, 0.717) is 11.5 Å². The van der Waals surface area contributed by atoms with Crippen LogP contribution in [0.1, 0.15) is 5.56 Å². The van der Waals surface area contributed by atoms with Gasteiger partial charge in [-0.2, -0.15) is 0 Å². The van der Waals surface area contributed by atoms with Gasteiger partial charge in [-0.15, -0.1) is 10.2 Å². The lowest BCUT2D eigenvalue weighted by atomic mass is 10.1. The first-order valence-corrected chi connectivity index (χ1v) is 7.21. The van der Waals surface area contributed by atoms with Crippen molar-refractivity contribution in [3.8, 4) is 11.4 Å². The summed E-state index contributed by atoms with van der Waals surface area (Å²) in [5, 5.41) is 10.9. The minimum atomic E-state index is -0.191. The molecular formula is C18H16N4O. The Balaban J connectivity index is 1.80. The Bertz CT molecular complexity index is 837. The summed E-state index contributed by atoms with van der Waals surface area (Å²) in [7, 11) is 1.86. The molecule has 114 valence electrons. The van der Waals surface area contributed by atoms with E-state index in [2.05, 4.69) is 15.5 Å². The number of carbonyl (C=O) groups is 1. The molecule has 0 aliphatic heterocycles. The maximum absolute atomic E-state index is 12.2. The van der Waals surface area contributed by atoms with Crippen molar-refractivity contribution in [2.24, 2.45) is 7.05 Å². The second kappa shape index (κ2) is 6.70. The van der Waals surface area contributed by atoms with Crippen LogP contribution in [0.3, 0.4) is 0 Å². The first kappa shape index (κ1) is 14.7. The van der Waals surface area contributed by atoms with E-state index in [1.165, 1.54) is 6.08 Å². The van der Waals surface area contributed by atoms with Crippen molar-refractivity contribution in [2.45, 2.75) is 0 Å². The van der Waals surface area contributed by atoms with E-state index in [1.54, 1.807) is 12.4 Å². The Labute approximate surface area is 134 Å². The summed E-state index contributed by atoms with van der Waals surface area (Å²) < 4.78 is 1.81. The van der Waals surface area contributed by atoms with Crippen molar-refractivity contribution in [2.75, 3.05) is 5.32 Å². The van der Waals surface area contributed by atoms with Crippen LogP contribution in [0.2, 0.25) is 0 Å². The minimum absolute atomic E-state index is 0.191. The van der Waals surface area contributed by atoms with Gasteiger partial charge < -0.3 is 9.88 Å². The smallest absolute Gasteiger partial charge is 0.248 e. The van der Waals surface area contributed by atoms with Gasteiger partial charge in [0.25, 0.3) is 0 Å². The largest absolute Gasteiger partial charge is 0.322 e. The fourth-order valence-corrected chi connectivity index (χ4v) is 2.22. The number of nitrogens with one attached hydrogen (secondary N) is 1. The molecule has 1 amide bonds. The Hall–Kier alpha value is -3.21. The van der Waals surface area contributed by atoms with Crippen LogP contribution >= 0.6 is 0 Å². The molecule has 3 rings (SSSR count). The van der Waals surface area contributed by atoms with Crippen molar-refractivity contribution < 1.29 is 4.79 Å². The molecule has 0 radical (unpaired) electrons. The molecule has 5 nitrogen and oxygen atoms in total. The number of amides is 1. The van der Waals surface area contributed by atoms with Gasteiger partial charge in [-0.25, -0.2) is 0 Å². The fraction of sp³-hybridized carbons (Fsp3) is 0.0556. The Morgan fingerprint density at radius 2 is 1.83 bits per heavy atom. The van der Waals surface area contributed by atoms with Crippen molar-refractivity contribution in [1.82, 2.24) is 14.8 Å². The number of nitrogens with zero attached hydrogens (tertiary/aromatic N) is 3. The molecule has 0 aliphatic carbocycles. The predicted molar refractivity (Wildman–Crippen MR) is 90.5 cm³/mol. The van der Waals surface area contributed by atoms with Gasteiger partial charge in [0.15, 0.2) is 5.82 Å². The maximum Gasteiger partial charge on any atom is 0.248 e. The summed E-state index contributed by atoms with van der Waals surface area (Å²) in [5.74, 6) is 0.511. The summed E-state index contributed by atoms with van der Waals surface area (Å²) >= 11 is 0. The number of aromatic nitrogens is 3. The van der Waals surface area contributed by atoms with E-state index in [4.69, 9.17) is 0 Å². The van der Waals surface area contributed by atoms with Crippen LogP contribution in [0, 0.1) is 0 Å². The lowest BCUT2D eigenvalue weighted by Gasteiger charge is -2.09. The van der Waals surface area contributed by atoms with Gasteiger partial charge in [0, 0.05) is 18.7 Å². The van der Waals surface area contributed by atoms with E-state index < -0.39 is 0 Å². The first-order valence-electron chi connectivity index (χ1n) is 7.21. The molecule has 0 aliphatic rings. The van der Waals surface area contributed by atoms with E-state index in [1.807, 2.05) is 66.2 Å². The van der Waals surface area contributed by atoms with Gasteiger partial charge in [0.1, 0.15) is 6.33 Å². The van der Waals surface area contributed by atoms with Crippen LogP contribution in [0.15, 0.2) is 67.0 Å². The minimum Gasteiger partial charge on any atom is -0.322 e. The third kappa shape index (κ3) is 3.52. The highest BCUT2D eigenvalue weighted by Crippen LogP contribution is 2.25. The molecule has 0 bridgehead atoms. The lowest BCUT2D eigenvalue weighted by molar-refractivity contribution is -0.111. The van der Waals surface area contributed by atoms with Gasteiger partial charge in [-0.1, -0.05) is 42.5 Å². The average molecular weight is 304 g/mol. The molecule has 0 atom stereocenters. The molecule has 5 heteroatoms. The topological polar surface area (TPSA) is 59.8 Å². The molecule has 0 unspecified atom stereocenters. The van der Waals surface area contributed by atoms with E-state index in [0.717, 1.165) is 11.1 Å². The highest BCUT2D eigenvalue weighted by Gasteiger charge is 2.10. The third-order valence-corrected chi connectivity index (χ3v) is 3.36. The van der Waals surface area contributed by atoms with E-state index >= 15 is 0 Å². The standard InChI is InChI=1S/C18H16N4O/c1-22-13-19-21-18(22)15-9-5-6-10-16(15)20-17(23)12-11-14-7-3-2-4-8-14/h2-13H,1H3,(H,20,23)/b12-11+. The third-order valence-electron chi connectivity index (χ3n) is 3.36. The highest BCUT2D eigenvalue weighted by atomic mass is 16.1. The van der Waals surface area contributed by atoms with Crippen molar-refractivity contribution in [3.63, 3.8) is 0 Å². The summed E-state index contributed by atoms with van der Waals surface area (Å²) in [6.07, 6.45) is 4.92. The number of carbonyl (C=O) groups excluding carboxylic acids is 1. The van der Waals surface area contributed by atoms with Crippen LogP contribution in [0.5, 0.6) is 0 Å². The molecule has 1 N–H and O–H groups in total. The zero-order chi connectivity index (χ0) is 16.1. The summed E-state index contributed by atoms with van der Waals surface area (Å²) in [6, 6.07) is 17.2. The number of hydrogen-bond donors (Lipinski definition) is 1. The van der Waals surface area contributed by atoms with E-state index in [9.17, 15) is 4.79 Å². The van der Waals surface area contributed by atoms with Gasteiger partial charge in [-0.3, -0.25) is 4.79 Å². The first-order chi connectivity index (χ1) is 11.2.